The van der Waals surface area contributed by atoms with Gasteiger partial charge in [-0.05, 0) is 55.9 Å². The molecule has 0 amide bonds. The van der Waals surface area contributed by atoms with Crippen molar-refractivity contribution in [1.29, 1.82) is 0 Å². The maximum absolute atomic E-state index is 6.25. The van der Waals surface area contributed by atoms with Crippen molar-refractivity contribution >= 4 is 23.2 Å². The molecule has 0 radical (unpaired) electrons. The molecule has 1 saturated carbocycles. The van der Waals surface area contributed by atoms with E-state index in [1.165, 1.54) is 18.5 Å². The zero-order valence-electron chi connectivity index (χ0n) is 15.1. The second kappa shape index (κ2) is 8.28. The lowest BCUT2D eigenvalue weighted by atomic mass is 10.0. The van der Waals surface area contributed by atoms with Crippen LogP contribution in [0.2, 0.25) is 5.02 Å². The summed E-state index contributed by atoms with van der Waals surface area (Å²) in [7, 11) is 0. The Kier molecular flexibility index (Phi) is 6.07. The summed E-state index contributed by atoms with van der Waals surface area (Å²) in [6, 6.07) is 8.03. The SMILES string of the molecule is CCOCCC1(CN=C(N)N2CCN(c3ccc(Cl)cc3)CC2)CC1. The highest BCUT2D eigenvalue weighted by Crippen LogP contribution is 2.49. The van der Waals surface area contributed by atoms with Gasteiger partial charge in [0.15, 0.2) is 5.96 Å². The molecular formula is C19H29ClN4O. The fourth-order valence-electron chi connectivity index (χ4n) is 3.29. The summed E-state index contributed by atoms with van der Waals surface area (Å²) in [5.74, 6) is 0.693. The Morgan fingerprint density at radius 2 is 1.88 bits per heavy atom. The lowest BCUT2D eigenvalue weighted by Crippen LogP contribution is -2.51. The van der Waals surface area contributed by atoms with Gasteiger partial charge in [-0.2, -0.15) is 0 Å². The van der Waals surface area contributed by atoms with Crippen molar-refractivity contribution in [2.24, 2.45) is 16.1 Å². The van der Waals surface area contributed by atoms with Crippen molar-refractivity contribution in [1.82, 2.24) is 4.90 Å². The first-order valence-electron chi connectivity index (χ1n) is 9.25. The first-order chi connectivity index (χ1) is 12.1. The number of nitrogens with zero attached hydrogens (tertiary/aromatic N) is 3. The van der Waals surface area contributed by atoms with Crippen molar-refractivity contribution < 1.29 is 4.74 Å². The van der Waals surface area contributed by atoms with E-state index in [1.807, 2.05) is 19.1 Å². The number of ether oxygens (including phenoxy) is 1. The number of hydrogen-bond donors (Lipinski definition) is 1. The van der Waals surface area contributed by atoms with Gasteiger partial charge in [0.2, 0.25) is 0 Å². The van der Waals surface area contributed by atoms with Crippen LogP contribution in [0.15, 0.2) is 29.3 Å². The molecule has 2 fully saturated rings. The first-order valence-corrected chi connectivity index (χ1v) is 9.63. The van der Waals surface area contributed by atoms with E-state index < -0.39 is 0 Å². The maximum atomic E-state index is 6.25. The Balaban J connectivity index is 1.46. The van der Waals surface area contributed by atoms with Crippen LogP contribution in [-0.4, -0.2) is 56.8 Å². The van der Waals surface area contributed by atoms with Gasteiger partial charge in [0, 0.05) is 56.6 Å². The molecule has 0 aromatic heterocycles. The van der Waals surface area contributed by atoms with E-state index in [-0.39, 0.29) is 0 Å². The molecule has 5 nitrogen and oxygen atoms in total. The minimum atomic E-state index is 0.352. The molecule has 0 atom stereocenters. The quantitative estimate of drug-likeness (QED) is 0.459. The Morgan fingerprint density at radius 3 is 2.48 bits per heavy atom. The van der Waals surface area contributed by atoms with Gasteiger partial charge in [0.25, 0.3) is 0 Å². The fraction of sp³-hybridized carbons (Fsp3) is 0.632. The molecule has 0 unspecified atom stereocenters. The van der Waals surface area contributed by atoms with Gasteiger partial charge in [-0.15, -0.1) is 0 Å². The van der Waals surface area contributed by atoms with Gasteiger partial charge in [-0.25, -0.2) is 0 Å². The molecule has 2 aliphatic rings. The largest absolute Gasteiger partial charge is 0.382 e. The maximum Gasteiger partial charge on any atom is 0.191 e. The van der Waals surface area contributed by atoms with Gasteiger partial charge < -0.3 is 20.3 Å². The molecule has 138 valence electrons. The van der Waals surface area contributed by atoms with E-state index >= 15 is 0 Å². The monoisotopic (exact) mass is 364 g/mol. The fourth-order valence-corrected chi connectivity index (χ4v) is 3.42. The predicted molar refractivity (Wildman–Crippen MR) is 105 cm³/mol. The third-order valence-corrected chi connectivity index (χ3v) is 5.56. The third kappa shape index (κ3) is 5.02. The number of nitrogens with two attached hydrogens (primary N) is 1. The normalized spacial score (nSPS) is 20.0. The third-order valence-electron chi connectivity index (χ3n) is 5.31. The van der Waals surface area contributed by atoms with Crippen LogP contribution in [0.25, 0.3) is 0 Å². The zero-order chi connectivity index (χ0) is 17.7. The molecule has 3 rings (SSSR count). The van der Waals surface area contributed by atoms with Crippen molar-refractivity contribution in [3.63, 3.8) is 0 Å². The molecule has 1 aromatic carbocycles. The summed E-state index contributed by atoms with van der Waals surface area (Å²) >= 11 is 5.97. The second-order valence-corrected chi connectivity index (χ2v) is 7.51. The van der Waals surface area contributed by atoms with Crippen molar-refractivity contribution in [2.45, 2.75) is 26.2 Å². The molecule has 0 bridgehead atoms. The van der Waals surface area contributed by atoms with E-state index in [2.05, 4.69) is 21.9 Å². The number of halogens is 1. The molecule has 1 aliphatic carbocycles. The van der Waals surface area contributed by atoms with E-state index in [1.54, 1.807) is 0 Å². The van der Waals surface area contributed by atoms with Gasteiger partial charge in [-0.3, -0.25) is 4.99 Å². The number of aliphatic imine (C=N–C) groups is 1. The van der Waals surface area contributed by atoms with Crippen molar-refractivity contribution in [3.05, 3.63) is 29.3 Å². The Labute approximate surface area is 155 Å². The van der Waals surface area contributed by atoms with Crippen LogP contribution >= 0.6 is 11.6 Å². The van der Waals surface area contributed by atoms with Crippen LogP contribution in [0, 0.1) is 5.41 Å². The van der Waals surface area contributed by atoms with Crippen LogP contribution in [0.3, 0.4) is 0 Å². The number of benzene rings is 1. The average Bonchev–Trinajstić information content (AvgIpc) is 3.41. The van der Waals surface area contributed by atoms with Crippen molar-refractivity contribution in [3.8, 4) is 0 Å². The summed E-state index contributed by atoms with van der Waals surface area (Å²) in [4.78, 5) is 9.26. The molecule has 6 heteroatoms. The van der Waals surface area contributed by atoms with Gasteiger partial charge in [0.1, 0.15) is 0 Å². The summed E-state index contributed by atoms with van der Waals surface area (Å²) in [6.07, 6.45) is 3.60. The number of rotatable bonds is 7. The van der Waals surface area contributed by atoms with Crippen LogP contribution in [0.1, 0.15) is 26.2 Å². The second-order valence-electron chi connectivity index (χ2n) is 7.07. The first kappa shape index (κ1) is 18.3. The molecule has 0 spiro atoms. The van der Waals surface area contributed by atoms with Crippen LogP contribution in [-0.2, 0) is 4.74 Å². The van der Waals surface area contributed by atoms with E-state index in [0.717, 1.165) is 57.4 Å². The molecule has 1 aromatic rings. The molecule has 2 N–H and O–H groups in total. The lowest BCUT2D eigenvalue weighted by Gasteiger charge is -2.36. The number of hydrogen-bond acceptors (Lipinski definition) is 3. The number of guanidine groups is 1. The van der Waals surface area contributed by atoms with Crippen molar-refractivity contribution in [2.75, 3.05) is 50.8 Å². The minimum Gasteiger partial charge on any atom is -0.382 e. The van der Waals surface area contributed by atoms with Crippen LogP contribution in [0.5, 0.6) is 0 Å². The topological polar surface area (TPSA) is 54.1 Å². The molecule has 25 heavy (non-hydrogen) atoms. The van der Waals surface area contributed by atoms with E-state index in [9.17, 15) is 0 Å². The highest BCUT2D eigenvalue weighted by atomic mass is 35.5. The molecule has 1 saturated heterocycles. The molecule has 1 heterocycles. The van der Waals surface area contributed by atoms with Gasteiger partial charge >= 0.3 is 0 Å². The summed E-state index contributed by atoms with van der Waals surface area (Å²) < 4.78 is 5.49. The molecule has 1 aliphatic heterocycles. The number of anilines is 1. The zero-order valence-corrected chi connectivity index (χ0v) is 15.8. The Hall–Kier alpha value is -1.46. The summed E-state index contributed by atoms with van der Waals surface area (Å²) in [5.41, 5.74) is 7.82. The standard InChI is InChI=1S/C19H29ClN4O/c1-2-25-14-9-19(7-8-19)15-22-18(21)24-12-10-23(11-13-24)17-5-3-16(20)4-6-17/h3-6H,2,7-15H2,1H3,(H2,21,22). The summed E-state index contributed by atoms with van der Waals surface area (Å²) in [5, 5.41) is 0.775. The highest BCUT2D eigenvalue weighted by Gasteiger charge is 2.42. The average molecular weight is 365 g/mol. The minimum absolute atomic E-state index is 0.352. The smallest absolute Gasteiger partial charge is 0.191 e. The van der Waals surface area contributed by atoms with Gasteiger partial charge in [0.05, 0.1) is 0 Å². The number of piperazine rings is 1. The molecular weight excluding hydrogens is 336 g/mol. The van der Waals surface area contributed by atoms with Crippen LogP contribution in [0.4, 0.5) is 5.69 Å². The predicted octanol–water partition coefficient (Wildman–Crippen LogP) is 2.98. The summed E-state index contributed by atoms with van der Waals surface area (Å²) in [6.45, 7) is 8.22. The van der Waals surface area contributed by atoms with Crippen LogP contribution < -0.4 is 10.6 Å². The highest BCUT2D eigenvalue weighted by molar-refractivity contribution is 6.30. The lowest BCUT2D eigenvalue weighted by molar-refractivity contribution is 0.129. The van der Waals surface area contributed by atoms with E-state index in [4.69, 9.17) is 27.1 Å². The van der Waals surface area contributed by atoms with E-state index in [0.29, 0.717) is 11.4 Å². The van der Waals surface area contributed by atoms with Gasteiger partial charge in [-0.1, -0.05) is 11.6 Å². The Morgan fingerprint density at radius 1 is 1.20 bits per heavy atom. The Bertz CT molecular complexity index is 578.